The van der Waals surface area contributed by atoms with Crippen LogP contribution in [-0.4, -0.2) is 51.2 Å². The van der Waals surface area contributed by atoms with Crippen molar-refractivity contribution < 1.29 is 9.59 Å². The molecule has 0 spiro atoms. The van der Waals surface area contributed by atoms with Crippen molar-refractivity contribution in [2.45, 2.75) is 26.3 Å². The molecular formula is C27H28N4O2. The van der Waals surface area contributed by atoms with E-state index in [4.69, 9.17) is 4.98 Å². The van der Waals surface area contributed by atoms with Crippen LogP contribution in [0.5, 0.6) is 0 Å². The van der Waals surface area contributed by atoms with Crippen LogP contribution in [0.15, 0.2) is 66.7 Å². The van der Waals surface area contributed by atoms with Gasteiger partial charge < -0.3 is 14.8 Å². The van der Waals surface area contributed by atoms with Gasteiger partial charge in [-0.15, -0.1) is 0 Å². The van der Waals surface area contributed by atoms with Crippen LogP contribution >= 0.6 is 0 Å². The first kappa shape index (κ1) is 21.2. The molecule has 1 unspecified atom stereocenters. The van der Waals surface area contributed by atoms with Crippen molar-refractivity contribution in [3.8, 4) is 0 Å². The van der Waals surface area contributed by atoms with Gasteiger partial charge in [0.2, 0.25) is 5.91 Å². The van der Waals surface area contributed by atoms with Crippen LogP contribution in [0.25, 0.3) is 21.8 Å². The fraction of sp³-hybridized carbons (Fsp3) is 0.296. The molecule has 1 saturated heterocycles. The predicted molar refractivity (Wildman–Crippen MR) is 130 cm³/mol. The van der Waals surface area contributed by atoms with Crippen molar-refractivity contribution in [1.29, 1.82) is 0 Å². The van der Waals surface area contributed by atoms with Gasteiger partial charge in [0.25, 0.3) is 5.91 Å². The number of piperazine rings is 1. The molecule has 2 amide bonds. The average Bonchev–Trinajstić information content (AvgIpc) is 3.27. The van der Waals surface area contributed by atoms with E-state index in [9.17, 15) is 9.59 Å². The zero-order valence-electron chi connectivity index (χ0n) is 19.0. The highest BCUT2D eigenvalue weighted by Crippen LogP contribution is 2.29. The number of fused-ring (bicyclic) bond motifs is 2. The highest BCUT2D eigenvalue weighted by molar-refractivity contribution is 5.99. The summed E-state index contributed by atoms with van der Waals surface area (Å²) in [6.07, 6.45) is 0.505. The summed E-state index contributed by atoms with van der Waals surface area (Å²) in [6, 6.07) is 21.4. The molecule has 1 aromatic heterocycles. The van der Waals surface area contributed by atoms with Crippen molar-refractivity contribution in [2.24, 2.45) is 5.92 Å². The second-order valence-electron chi connectivity index (χ2n) is 9.15. The summed E-state index contributed by atoms with van der Waals surface area (Å²) in [6.45, 7) is 5.53. The van der Waals surface area contributed by atoms with Gasteiger partial charge in [0, 0.05) is 31.6 Å². The van der Waals surface area contributed by atoms with Crippen LogP contribution in [0, 0.1) is 5.92 Å². The second kappa shape index (κ2) is 8.70. The number of hydrogen-bond donors (Lipinski definition) is 1. The van der Waals surface area contributed by atoms with Crippen LogP contribution in [-0.2, 0) is 4.79 Å². The maximum atomic E-state index is 13.7. The predicted octanol–water partition coefficient (Wildman–Crippen LogP) is 4.79. The Kier molecular flexibility index (Phi) is 5.58. The largest absolute Gasteiger partial charge is 0.340 e. The van der Waals surface area contributed by atoms with Crippen molar-refractivity contribution in [2.75, 3.05) is 19.6 Å². The monoisotopic (exact) mass is 440 g/mol. The number of aromatic nitrogens is 2. The van der Waals surface area contributed by atoms with E-state index in [0.717, 1.165) is 21.8 Å². The quantitative estimate of drug-likeness (QED) is 0.496. The minimum Gasteiger partial charge on any atom is -0.340 e. The van der Waals surface area contributed by atoms with Crippen molar-refractivity contribution in [1.82, 2.24) is 19.8 Å². The lowest BCUT2D eigenvalue weighted by Gasteiger charge is -2.41. The normalized spacial score (nSPS) is 16.6. The molecule has 0 bridgehead atoms. The minimum atomic E-state index is -0.332. The first-order valence-electron chi connectivity index (χ1n) is 11.5. The maximum absolute atomic E-state index is 13.7. The van der Waals surface area contributed by atoms with Crippen LogP contribution in [0.2, 0.25) is 0 Å². The summed E-state index contributed by atoms with van der Waals surface area (Å²) in [5, 5.41) is 2.14. The molecule has 6 nitrogen and oxygen atoms in total. The molecule has 33 heavy (non-hydrogen) atoms. The fourth-order valence-corrected chi connectivity index (χ4v) is 4.58. The average molecular weight is 441 g/mol. The molecular weight excluding hydrogens is 412 g/mol. The molecule has 5 rings (SSSR count). The van der Waals surface area contributed by atoms with Crippen LogP contribution in [0.3, 0.4) is 0 Å². The highest BCUT2D eigenvalue weighted by atomic mass is 16.2. The number of para-hydroxylation sites is 2. The van der Waals surface area contributed by atoms with Gasteiger partial charge in [-0.1, -0.05) is 56.3 Å². The maximum Gasteiger partial charge on any atom is 0.254 e. The number of carbonyl (C=O) groups is 2. The Labute approximate surface area is 193 Å². The summed E-state index contributed by atoms with van der Waals surface area (Å²) >= 11 is 0. The number of carbonyl (C=O) groups excluding carboxylic acids is 2. The molecule has 1 N–H and O–H groups in total. The second-order valence-corrected chi connectivity index (χ2v) is 9.15. The number of rotatable bonds is 4. The Balaban J connectivity index is 1.49. The van der Waals surface area contributed by atoms with E-state index in [2.05, 4.69) is 4.98 Å². The van der Waals surface area contributed by atoms with E-state index in [1.807, 2.05) is 90.4 Å². The van der Waals surface area contributed by atoms with Crippen molar-refractivity contribution in [3.63, 3.8) is 0 Å². The smallest absolute Gasteiger partial charge is 0.254 e. The van der Waals surface area contributed by atoms with Crippen molar-refractivity contribution in [3.05, 3.63) is 78.1 Å². The van der Waals surface area contributed by atoms with Crippen LogP contribution < -0.4 is 0 Å². The van der Waals surface area contributed by atoms with Gasteiger partial charge in [0.05, 0.1) is 11.0 Å². The van der Waals surface area contributed by atoms with E-state index >= 15 is 0 Å². The van der Waals surface area contributed by atoms with Crippen LogP contribution in [0.4, 0.5) is 0 Å². The summed E-state index contributed by atoms with van der Waals surface area (Å²) in [5.41, 5.74) is 2.43. The molecule has 1 aliphatic rings. The van der Waals surface area contributed by atoms with E-state index in [1.54, 1.807) is 0 Å². The first-order valence-corrected chi connectivity index (χ1v) is 11.5. The number of hydrogen-bond acceptors (Lipinski definition) is 3. The molecule has 0 aliphatic carbocycles. The molecule has 1 aliphatic heterocycles. The standard InChI is InChI=1S/C27H28N4O2/c1-18(2)15-25(32)30-13-14-31(24(17-30)26-28-22-9-5-6-10-23(22)29-26)27(33)21-12-11-19-7-3-4-8-20(19)16-21/h3-12,16,18,24H,13-15,17H2,1-2H3,(H,28,29). The summed E-state index contributed by atoms with van der Waals surface area (Å²) in [5.74, 6) is 1.10. The van der Waals surface area contributed by atoms with Crippen molar-refractivity contribution >= 4 is 33.6 Å². The number of nitrogens with one attached hydrogen (secondary N) is 1. The fourth-order valence-electron chi connectivity index (χ4n) is 4.58. The highest BCUT2D eigenvalue weighted by Gasteiger charge is 2.35. The topological polar surface area (TPSA) is 69.3 Å². The molecule has 168 valence electrons. The lowest BCUT2D eigenvalue weighted by molar-refractivity contribution is -0.134. The van der Waals surface area contributed by atoms with E-state index in [1.165, 1.54) is 0 Å². The number of amides is 2. The van der Waals surface area contributed by atoms with Crippen LogP contribution in [0.1, 0.15) is 42.5 Å². The molecule has 2 heterocycles. The Bertz CT molecular complexity index is 1290. The molecule has 4 aromatic rings. The van der Waals surface area contributed by atoms with E-state index in [-0.39, 0.29) is 17.9 Å². The van der Waals surface area contributed by atoms with E-state index < -0.39 is 0 Å². The minimum absolute atomic E-state index is 0.0397. The summed E-state index contributed by atoms with van der Waals surface area (Å²) < 4.78 is 0. The molecule has 1 atom stereocenters. The number of H-pyrrole nitrogens is 1. The van der Waals surface area contributed by atoms with Gasteiger partial charge in [-0.25, -0.2) is 4.98 Å². The lowest BCUT2D eigenvalue weighted by Crippen LogP contribution is -2.52. The summed E-state index contributed by atoms with van der Waals surface area (Å²) in [4.78, 5) is 38.4. The summed E-state index contributed by atoms with van der Waals surface area (Å²) in [7, 11) is 0. The van der Waals surface area contributed by atoms with Gasteiger partial charge in [0.15, 0.2) is 0 Å². The molecule has 3 aromatic carbocycles. The third-order valence-corrected chi connectivity index (χ3v) is 6.30. The third kappa shape index (κ3) is 4.21. The molecule has 1 fully saturated rings. The number of imidazole rings is 1. The van der Waals surface area contributed by atoms with Gasteiger partial charge in [-0.2, -0.15) is 0 Å². The third-order valence-electron chi connectivity index (χ3n) is 6.30. The van der Waals surface area contributed by atoms with E-state index in [0.29, 0.717) is 43.4 Å². The Hall–Kier alpha value is -3.67. The number of benzene rings is 3. The lowest BCUT2D eigenvalue weighted by atomic mass is 10.0. The molecule has 0 saturated carbocycles. The Morgan fingerprint density at radius 1 is 1.00 bits per heavy atom. The zero-order chi connectivity index (χ0) is 22.9. The first-order chi connectivity index (χ1) is 16.0. The SMILES string of the molecule is CC(C)CC(=O)N1CCN(C(=O)c2ccc3ccccc3c2)C(c2nc3ccccc3[nH]2)C1. The number of nitrogens with zero attached hydrogens (tertiary/aromatic N) is 3. The zero-order valence-corrected chi connectivity index (χ0v) is 19.0. The van der Waals surface area contributed by atoms with Gasteiger partial charge in [-0.05, 0) is 41.0 Å². The molecule has 0 radical (unpaired) electrons. The molecule has 6 heteroatoms. The van der Waals surface area contributed by atoms with Gasteiger partial charge in [0.1, 0.15) is 11.9 Å². The van der Waals surface area contributed by atoms with Gasteiger partial charge >= 0.3 is 0 Å². The Morgan fingerprint density at radius 2 is 1.76 bits per heavy atom. The van der Waals surface area contributed by atoms with Gasteiger partial charge in [-0.3, -0.25) is 9.59 Å². The Morgan fingerprint density at radius 3 is 2.55 bits per heavy atom. The number of aromatic amines is 1.